The molecule has 0 aliphatic rings. The fourth-order valence-corrected chi connectivity index (χ4v) is 2.48. The van der Waals surface area contributed by atoms with Crippen molar-refractivity contribution in [1.82, 2.24) is 9.55 Å². The summed E-state index contributed by atoms with van der Waals surface area (Å²) in [6.07, 6.45) is 0.812. The summed E-state index contributed by atoms with van der Waals surface area (Å²) in [6, 6.07) is 6.60. The van der Waals surface area contributed by atoms with Crippen LogP contribution in [0.2, 0.25) is 0 Å². The Kier molecular flexibility index (Phi) is 3.55. The van der Waals surface area contributed by atoms with E-state index in [-0.39, 0.29) is 0 Å². The van der Waals surface area contributed by atoms with E-state index in [1.54, 1.807) is 0 Å². The normalized spacial score (nSPS) is 11.6. The number of aryl methyl sites for hydroxylation is 1. The molecule has 86 valence electrons. The summed E-state index contributed by atoms with van der Waals surface area (Å²) < 4.78 is 3.32. The Morgan fingerprint density at radius 2 is 2.19 bits per heavy atom. The maximum atomic E-state index is 5.81. The van der Waals surface area contributed by atoms with Crippen LogP contribution in [0.3, 0.4) is 0 Å². The minimum absolute atomic E-state index is 0.407. The summed E-state index contributed by atoms with van der Waals surface area (Å²) in [5.74, 6) is 1.68. The number of rotatable bonds is 3. The van der Waals surface area contributed by atoms with Gasteiger partial charge in [-0.25, -0.2) is 4.98 Å². The summed E-state index contributed by atoms with van der Waals surface area (Å²) in [5, 5.41) is 0. The zero-order valence-electron chi connectivity index (χ0n) is 9.37. The molecule has 0 saturated heterocycles. The predicted molar refractivity (Wildman–Crippen MR) is 72.2 cm³/mol. The van der Waals surface area contributed by atoms with Gasteiger partial charge in [0.25, 0.3) is 0 Å². The van der Waals surface area contributed by atoms with Crippen molar-refractivity contribution >= 4 is 38.6 Å². The number of fused-ring (bicyclic) bond motifs is 1. The fourth-order valence-electron chi connectivity index (χ4n) is 1.96. The first-order chi connectivity index (χ1) is 7.63. The van der Waals surface area contributed by atoms with Gasteiger partial charge in [-0.05, 0) is 32.0 Å². The molecular weight excluding hydrogens is 288 g/mol. The van der Waals surface area contributed by atoms with Crippen LogP contribution in [0.1, 0.15) is 25.7 Å². The Hall–Kier alpha value is -0.540. The van der Waals surface area contributed by atoms with Crippen molar-refractivity contribution in [2.45, 2.75) is 26.3 Å². The van der Waals surface area contributed by atoms with Gasteiger partial charge in [-0.1, -0.05) is 15.9 Å². The minimum Gasteiger partial charge on any atom is -0.325 e. The van der Waals surface area contributed by atoms with Crippen molar-refractivity contribution in [3.05, 3.63) is 28.5 Å². The molecule has 2 aromatic rings. The molecule has 0 aliphatic carbocycles. The first-order valence-electron chi connectivity index (χ1n) is 5.36. The van der Waals surface area contributed by atoms with Gasteiger partial charge >= 0.3 is 0 Å². The number of halogens is 2. The van der Waals surface area contributed by atoms with Crippen molar-refractivity contribution < 1.29 is 0 Å². The average Bonchev–Trinajstić information content (AvgIpc) is 2.55. The maximum Gasteiger partial charge on any atom is 0.111 e. The third kappa shape index (κ3) is 2.11. The molecule has 0 radical (unpaired) electrons. The van der Waals surface area contributed by atoms with Crippen LogP contribution in [-0.2, 0) is 6.42 Å². The molecule has 0 amide bonds. The molecule has 1 aromatic carbocycles. The topological polar surface area (TPSA) is 17.8 Å². The molecule has 0 fully saturated rings. The SMILES string of the molecule is CC(C)n1c(CCCl)nc2cc(Br)ccc21. The molecule has 0 atom stereocenters. The third-order valence-electron chi connectivity index (χ3n) is 2.56. The number of aromatic nitrogens is 2. The molecule has 0 spiro atoms. The molecule has 1 heterocycles. The number of imidazole rings is 1. The molecule has 0 saturated carbocycles. The monoisotopic (exact) mass is 300 g/mol. The van der Waals surface area contributed by atoms with E-state index in [9.17, 15) is 0 Å². The van der Waals surface area contributed by atoms with E-state index in [2.05, 4.69) is 45.4 Å². The molecule has 0 N–H and O–H groups in total. The molecule has 4 heteroatoms. The summed E-state index contributed by atoms with van der Waals surface area (Å²) in [4.78, 5) is 4.63. The summed E-state index contributed by atoms with van der Waals surface area (Å²) in [7, 11) is 0. The molecule has 16 heavy (non-hydrogen) atoms. The van der Waals surface area contributed by atoms with Crippen LogP contribution in [0, 0.1) is 0 Å². The van der Waals surface area contributed by atoms with Gasteiger partial charge in [0.2, 0.25) is 0 Å². The molecule has 1 aromatic heterocycles. The van der Waals surface area contributed by atoms with Crippen LogP contribution in [0.4, 0.5) is 0 Å². The number of alkyl halides is 1. The lowest BCUT2D eigenvalue weighted by Gasteiger charge is -2.12. The molecule has 2 nitrogen and oxygen atoms in total. The minimum atomic E-state index is 0.407. The van der Waals surface area contributed by atoms with Crippen LogP contribution in [0.15, 0.2) is 22.7 Å². The van der Waals surface area contributed by atoms with E-state index in [4.69, 9.17) is 11.6 Å². The van der Waals surface area contributed by atoms with Gasteiger partial charge in [-0.2, -0.15) is 0 Å². The van der Waals surface area contributed by atoms with Gasteiger partial charge in [0.1, 0.15) is 5.82 Å². The van der Waals surface area contributed by atoms with Crippen LogP contribution in [-0.4, -0.2) is 15.4 Å². The van der Waals surface area contributed by atoms with Crippen LogP contribution in [0.25, 0.3) is 11.0 Å². The number of nitrogens with zero attached hydrogens (tertiary/aromatic N) is 2. The number of hydrogen-bond acceptors (Lipinski definition) is 1. The van der Waals surface area contributed by atoms with Gasteiger partial charge in [0, 0.05) is 22.8 Å². The van der Waals surface area contributed by atoms with Gasteiger partial charge in [-0.3, -0.25) is 0 Å². The van der Waals surface area contributed by atoms with Gasteiger partial charge in [0.05, 0.1) is 11.0 Å². The molecule has 0 unspecified atom stereocenters. The van der Waals surface area contributed by atoms with Crippen LogP contribution < -0.4 is 0 Å². The second kappa shape index (κ2) is 4.76. The van der Waals surface area contributed by atoms with Gasteiger partial charge in [0.15, 0.2) is 0 Å². The Morgan fingerprint density at radius 3 is 2.81 bits per heavy atom. The Balaban J connectivity index is 2.65. The lowest BCUT2D eigenvalue weighted by molar-refractivity contribution is 0.588. The number of benzene rings is 1. The average molecular weight is 302 g/mol. The summed E-state index contributed by atoms with van der Waals surface area (Å²) in [6.45, 7) is 4.34. The van der Waals surface area contributed by atoms with E-state index >= 15 is 0 Å². The zero-order chi connectivity index (χ0) is 11.7. The number of hydrogen-bond donors (Lipinski definition) is 0. The zero-order valence-corrected chi connectivity index (χ0v) is 11.7. The highest BCUT2D eigenvalue weighted by Crippen LogP contribution is 2.24. The molecule has 0 bridgehead atoms. The van der Waals surface area contributed by atoms with Crippen molar-refractivity contribution in [3.8, 4) is 0 Å². The van der Waals surface area contributed by atoms with Crippen molar-refractivity contribution in [3.63, 3.8) is 0 Å². The largest absolute Gasteiger partial charge is 0.325 e. The highest BCUT2D eigenvalue weighted by atomic mass is 79.9. The van der Waals surface area contributed by atoms with E-state index in [0.717, 1.165) is 22.2 Å². The summed E-state index contributed by atoms with van der Waals surface area (Å²) >= 11 is 9.28. The van der Waals surface area contributed by atoms with E-state index in [0.29, 0.717) is 11.9 Å². The lowest BCUT2D eigenvalue weighted by atomic mass is 10.3. The van der Waals surface area contributed by atoms with Gasteiger partial charge in [-0.15, -0.1) is 11.6 Å². The Morgan fingerprint density at radius 1 is 1.44 bits per heavy atom. The molecular formula is C12H14BrClN2. The quantitative estimate of drug-likeness (QED) is 0.778. The lowest BCUT2D eigenvalue weighted by Crippen LogP contribution is -2.06. The molecule has 0 aliphatic heterocycles. The van der Waals surface area contributed by atoms with Crippen molar-refractivity contribution in [2.24, 2.45) is 0 Å². The predicted octanol–water partition coefficient (Wildman–Crippen LogP) is 4.16. The molecule has 2 rings (SSSR count). The standard InChI is InChI=1S/C12H14BrClN2/c1-8(2)16-11-4-3-9(13)7-10(11)15-12(16)5-6-14/h3-4,7-8H,5-6H2,1-2H3. The van der Waals surface area contributed by atoms with Gasteiger partial charge < -0.3 is 4.57 Å². The summed E-state index contributed by atoms with van der Waals surface area (Å²) in [5.41, 5.74) is 2.21. The fraction of sp³-hybridized carbons (Fsp3) is 0.417. The second-order valence-electron chi connectivity index (χ2n) is 4.06. The van der Waals surface area contributed by atoms with E-state index < -0.39 is 0 Å². The van der Waals surface area contributed by atoms with Crippen molar-refractivity contribution in [1.29, 1.82) is 0 Å². The van der Waals surface area contributed by atoms with Crippen molar-refractivity contribution in [2.75, 3.05) is 5.88 Å². The van der Waals surface area contributed by atoms with Crippen LogP contribution in [0.5, 0.6) is 0 Å². The second-order valence-corrected chi connectivity index (χ2v) is 5.36. The van der Waals surface area contributed by atoms with Crippen LogP contribution >= 0.6 is 27.5 Å². The first kappa shape index (κ1) is 11.9. The maximum absolute atomic E-state index is 5.81. The Bertz CT molecular complexity index is 505. The first-order valence-corrected chi connectivity index (χ1v) is 6.68. The third-order valence-corrected chi connectivity index (χ3v) is 3.24. The smallest absolute Gasteiger partial charge is 0.111 e. The van der Waals surface area contributed by atoms with E-state index in [1.807, 2.05) is 12.1 Å². The van der Waals surface area contributed by atoms with E-state index in [1.165, 1.54) is 5.52 Å². The highest BCUT2D eigenvalue weighted by Gasteiger charge is 2.12. The highest BCUT2D eigenvalue weighted by molar-refractivity contribution is 9.10. The Labute approximate surface area is 109 Å².